The summed E-state index contributed by atoms with van der Waals surface area (Å²) in [4.78, 5) is 12.8. The zero-order valence-corrected chi connectivity index (χ0v) is 19.1. The maximum atomic E-state index is 12.8. The lowest BCUT2D eigenvalue weighted by molar-refractivity contribution is -0.119. The Labute approximate surface area is 187 Å². The fourth-order valence-electron chi connectivity index (χ4n) is 4.19. The van der Waals surface area contributed by atoms with E-state index >= 15 is 0 Å². The van der Waals surface area contributed by atoms with Gasteiger partial charge in [0.25, 0.3) is 0 Å². The van der Waals surface area contributed by atoms with Crippen molar-refractivity contribution < 1.29 is 14.3 Å². The molecule has 4 rings (SSSR count). The molecule has 0 bridgehead atoms. The molecule has 1 fully saturated rings. The van der Waals surface area contributed by atoms with Gasteiger partial charge in [-0.25, -0.2) is 4.68 Å². The molecule has 1 amide bonds. The van der Waals surface area contributed by atoms with Gasteiger partial charge >= 0.3 is 0 Å². The summed E-state index contributed by atoms with van der Waals surface area (Å²) in [7, 11) is 0. The van der Waals surface area contributed by atoms with Crippen LogP contribution >= 0.6 is 11.8 Å². The monoisotopic (exact) mass is 445 g/mol. The van der Waals surface area contributed by atoms with Gasteiger partial charge in [-0.2, -0.15) is 0 Å². The van der Waals surface area contributed by atoms with E-state index in [0.717, 1.165) is 41.5 Å². The number of carbonyl (C=O) groups is 1. The summed E-state index contributed by atoms with van der Waals surface area (Å²) < 4.78 is 13.5. The van der Waals surface area contributed by atoms with Crippen molar-refractivity contribution in [3.63, 3.8) is 0 Å². The number of fused-ring (bicyclic) bond motifs is 1. The molecule has 1 N–H and O–H groups in total. The average molecular weight is 446 g/mol. The molecule has 168 valence electrons. The number of nitrogens with zero attached hydrogens (tertiary/aromatic N) is 4. The van der Waals surface area contributed by atoms with Gasteiger partial charge in [-0.3, -0.25) is 4.79 Å². The van der Waals surface area contributed by atoms with Crippen molar-refractivity contribution in [2.24, 2.45) is 5.92 Å². The summed E-state index contributed by atoms with van der Waals surface area (Å²) in [6.45, 7) is 5.51. The topological polar surface area (TPSA) is 91.2 Å². The predicted molar refractivity (Wildman–Crippen MR) is 118 cm³/mol. The van der Waals surface area contributed by atoms with E-state index < -0.39 is 0 Å². The minimum absolute atomic E-state index is 0.0333. The van der Waals surface area contributed by atoms with Crippen molar-refractivity contribution in [2.45, 2.75) is 69.6 Å². The summed E-state index contributed by atoms with van der Waals surface area (Å²) in [5, 5.41) is 16.1. The Bertz CT molecular complexity index is 882. The second kappa shape index (κ2) is 10.3. The van der Waals surface area contributed by atoms with E-state index in [0.29, 0.717) is 19.3 Å². The first-order valence-electron chi connectivity index (χ1n) is 11.2. The number of aromatic nitrogens is 4. The fourth-order valence-corrected chi connectivity index (χ4v) is 4.94. The summed E-state index contributed by atoms with van der Waals surface area (Å²) in [6, 6.07) is 6.17. The number of carbonyl (C=O) groups excluding carboxylic acids is 1. The Kier molecular flexibility index (Phi) is 7.32. The first kappa shape index (κ1) is 21.9. The average Bonchev–Trinajstić information content (AvgIpc) is 3.13. The number of thioether (sulfide) groups is 1. The maximum Gasteiger partial charge on any atom is 0.230 e. The normalized spacial score (nSPS) is 17.9. The molecule has 1 saturated carbocycles. The van der Waals surface area contributed by atoms with Gasteiger partial charge < -0.3 is 14.8 Å². The SMILES string of the molecule is CC(C)C(NC(=O)CSc1nnnn1C1CCCCC1)c1ccc2c(c1)OCCCO2. The van der Waals surface area contributed by atoms with Crippen molar-refractivity contribution in [3.05, 3.63) is 23.8 Å². The third-order valence-corrected chi connectivity index (χ3v) is 6.76. The molecule has 9 heteroatoms. The molecular formula is C22H31N5O3S. The van der Waals surface area contributed by atoms with Gasteiger partial charge in [0.05, 0.1) is 31.1 Å². The highest BCUT2D eigenvalue weighted by atomic mass is 32.2. The highest BCUT2D eigenvalue weighted by molar-refractivity contribution is 7.99. The number of tetrazole rings is 1. The molecule has 2 aromatic rings. The lowest BCUT2D eigenvalue weighted by Crippen LogP contribution is -2.33. The third-order valence-electron chi connectivity index (χ3n) is 5.83. The van der Waals surface area contributed by atoms with Crippen molar-refractivity contribution >= 4 is 17.7 Å². The minimum atomic E-state index is -0.111. The Morgan fingerprint density at radius 3 is 2.71 bits per heavy atom. The van der Waals surface area contributed by atoms with Crippen molar-refractivity contribution in [3.8, 4) is 11.5 Å². The molecule has 31 heavy (non-hydrogen) atoms. The van der Waals surface area contributed by atoms with Crippen LogP contribution in [0.2, 0.25) is 0 Å². The Balaban J connectivity index is 1.39. The molecule has 1 aliphatic carbocycles. The Hall–Kier alpha value is -2.29. The van der Waals surface area contributed by atoms with Crippen molar-refractivity contribution in [2.75, 3.05) is 19.0 Å². The largest absolute Gasteiger partial charge is 0.490 e. The smallest absolute Gasteiger partial charge is 0.230 e. The van der Waals surface area contributed by atoms with E-state index in [-0.39, 0.29) is 23.6 Å². The van der Waals surface area contributed by atoms with Gasteiger partial charge in [-0.05, 0) is 46.9 Å². The van der Waals surface area contributed by atoms with Crippen LogP contribution in [0.15, 0.2) is 23.4 Å². The standard InChI is InChI=1S/C22H31N5O3S/c1-15(2)21(16-9-10-18-19(13-16)30-12-6-11-29-18)23-20(28)14-31-22-24-25-26-27(22)17-7-4-3-5-8-17/h9-10,13,15,17,21H,3-8,11-12,14H2,1-2H3,(H,23,28). The first-order valence-corrected chi connectivity index (χ1v) is 12.2. The second-order valence-corrected chi connectivity index (χ2v) is 9.47. The number of amides is 1. The quantitative estimate of drug-likeness (QED) is 0.645. The van der Waals surface area contributed by atoms with Crippen LogP contribution in [0.3, 0.4) is 0 Å². The summed E-state index contributed by atoms with van der Waals surface area (Å²) in [5.74, 6) is 1.98. The highest BCUT2D eigenvalue weighted by Crippen LogP contribution is 2.34. The van der Waals surface area contributed by atoms with Gasteiger partial charge in [-0.1, -0.05) is 50.9 Å². The lowest BCUT2D eigenvalue weighted by atomic mass is 9.95. The molecule has 1 unspecified atom stereocenters. The number of nitrogens with one attached hydrogen (secondary N) is 1. The Morgan fingerprint density at radius 1 is 1.16 bits per heavy atom. The molecule has 0 radical (unpaired) electrons. The minimum Gasteiger partial charge on any atom is -0.490 e. The van der Waals surface area contributed by atoms with Crippen LogP contribution in [0.4, 0.5) is 0 Å². The van der Waals surface area contributed by atoms with E-state index in [2.05, 4.69) is 34.7 Å². The molecule has 1 aliphatic heterocycles. The molecule has 2 heterocycles. The van der Waals surface area contributed by atoms with Crippen LogP contribution in [0.1, 0.15) is 70.0 Å². The molecule has 1 aromatic heterocycles. The van der Waals surface area contributed by atoms with Gasteiger partial charge in [0, 0.05) is 6.42 Å². The van der Waals surface area contributed by atoms with Crippen molar-refractivity contribution in [1.29, 1.82) is 0 Å². The molecule has 0 saturated heterocycles. The number of hydrogen-bond donors (Lipinski definition) is 1. The highest BCUT2D eigenvalue weighted by Gasteiger charge is 2.23. The van der Waals surface area contributed by atoms with Crippen LogP contribution in [-0.4, -0.2) is 45.1 Å². The van der Waals surface area contributed by atoms with Crippen LogP contribution in [0, 0.1) is 5.92 Å². The molecule has 1 atom stereocenters. The number of ether oxygens (including phenoxy) is 2. The van der Waals surface area contributed by atoms with Gasteiger partial charge in [-0.15, -0.1) is 5.10 Å². The Morgan fingerprint density at radius 2 is 1.94 bits per heavy atom. The zero-order valence-electron chi connectivity index (χ0n) is 18.2. The third kappa shape index (κ3) is 5.50. The number of rotatable bonds is 7. The molecule has 8 nitrogen and oxygen atoms in total. The molecule has 1 aromatic carbocycles. The maximum absolute atomic E-state index is 12.8. The van der Waals surface area contributed by atoms with Crippen LogP contribution < -0.4 is 14.8 Å². The van der Waals surface area contributed by atoms with Crippen LogP contribution in [0.5, 0.6) is 11.5 Å². The van der Waals surface area contributed by atoms with Gasteiger partial charge in [0.1, 0.15) is 0 Å². The molecular weight excluding hydrogens is 414 g/mol. The lowest BCUT2D eigenvalue weighted by Gasteiger charge is -2.24. The number of benzene rings is 1. The molecule has 2 aliphatic rings. The van der Waals surface area contributed by atoms with Crippen molar-refractivity contribution in [1.82, 2.24) is 25.5 Å². The van der Waals surface area contributed by atoms with Crippen LogP contribution in [0.25, 0.3) is 0 Å². The second-order valence-electron chi connectivity index (χ2n) is 8.53. The fraction of sp³-hybridized carbons (Fsp3) is 0.636. The molecule has 0 spiro atoms. The van der Waals surface area contributed by atoms with Gasteiger partial charge in [0.2, 0.25) is 11.1 Å². The van der Waals surface area contributed by atoms with E-state index in [1.807, 2.05) is 22.9 Å². The first-order chi connectivity index (χ1) is 15.1. The summed E-state index contributed by atoms with van der Waals surface area (Å²) in [5.41, 5.74) is 1.02. The number of hydrogen-bond acceptors (Lipinski definition) is 7. The zero-order chi connectivity index (χ0) is 21.6. The van der Waals surface area contributed by atoms with E-state index in [4.69, 9.17) is 9.47 Å². The van der Waals surface area contributed by atoms with E-state index in [1.54, 1.807) is 0 Å². The van der Waals surface area contributed by atoms with Crippen LogP contribution in [-0.2, 0) is 4.79 Å². The van der Waals surface area contributed by atoms with E-state index in [1.165, 1.54) is 31.0 Å². The summed E-state index contributed by atoms with van der Waals surface area (Å²) in [6.07, 6.45) is 6.77. The van der Waals surface area contributed by atoms with E-state index in [9.17, 15) is 4.79 Å². The summed E-state index contributed by atoms with van der Waals surface area (Å²) >= 11 is 1.40. The predicted octanol–water partition coefficient (Wildman–Crippen LogP) is 3.95. The van der Waals surface area contributed by atoms with Gasteiger partial charge in [0.15, 0.2) is 11.5 Å².